The summed E-state index contributed by atoms with van der Waals surface area (Å²) >= 11 is 0. The zero-order chi connectivity index (χ0) is 12.0. The summed E-state index contributed by atoms with van der Waals surface area (Å²) in [7, 11) is 0. The van der Waals surface area contributed by atoms with Crippen molar-refractivity contribution < 1.29 is 9.47 Å². The van der Waals surface area contributed by atoms with E-state index in [2.05, 4.69) is 20.8 Å². The van der Waals surface area contributed by atoms with Gasteiger partial charge in [0.05, 0.1) is 23.9 Å². The molecule has 17 heavy (non-hydrogen) atoms. The zero-order valence-electron chi connectivity index (χ0n) is 11.4. The van der Waals surface area contributed by atoms with Crippen molar-refractivity contribution in [3.05, 3.63) is 0 Å². The molecule has 3 aliphatic rings. The Bertz CT molecular complexity index is 291. The monoisotopic (exact) mass is 238 g/mol. The van der Waals surface area contributed by atoms with Crippen LogP contribution in [-0.4, -0.2) is 23.9 Å². The summed E-state index contributed by atoms with van der Waals surface area (Å²) in [5, 5.41) is 0. The minimum atomic E-state index is 0.0919. The van der Waals surface area contributed by atoms with Crippen LogP contribution in [0.3, 0.4) is 0 Å². The molecule has 2 nitrogen and oxygen atoms in total. The molecule has 1 spiro atoms. The van der Waals surface area contributed by atoms with Crippen molar-refractivity contribution in [1.29, 1.82) is 0 Å². The second-order valence-corrected chi connectivity index (χ2v) is 6.58. The van der Waals surface area contributed by atoms with Crippen LogP contribution in [0.1, 0.15) is 59.3 Å². The molecule has 1 saturated carbocycles. The fraction of sp³-hybridized carbons (Fsp3) is 1.00. The molecule has 2 heterocycles. The standard InChI is InChI=1S/C15H26O2/c1-4-5-12-6-7-14-15(17-12)8-10(2)11(3)13(9-15)16-14/h10-14H,4-9H2,1-3H3/t10-,11-,12+,13+,14+,15+/m1/s1. The summed E-state index contributed by atoms with van der Waals surface area (Å²) in [6, 6.07) is 0. The SMILES string of the molecule is CCC[C@H]1CC[C@@H]2O[C@H]3C[C@]2(C[C@@H](C)[C@H]3C)O1. The van der Waals surface area contributed by atoms with E-state index in [0.29, 0.717) is 24.2 Å². The molecule has 0 N–H and O–H groups in total. The third kappa shape index (κ3) is 1.84. The van der Waals surface area contributed by atoms with Gasteiger partial charge in [0.15, 0.2) is 0 Å². The molecule has 3 fully saturated rings. The van der Waals surface area contributed by atoms with Crippen molar-refractivity contribution in [2.45, 2.75) is 83.2 Å². The van der Waals surface area contributed by atoms with Crippen LogP contribution in [0.4, 0.5) is 0 Å². The molecule has 0 amide bonds. The Kier molecular flexibility index (Phi) is 2.99. The highest BCUT2D eigenvalue weighted by Crippen LogP contribution is 2.52. The molecular formula is C15H26O2. The smallest absolute Gasteiger partial charge is 0.0974 e. The molecule has 0 aromatic heterocycles. The molecule has 6 atom stereocenters. The highest BCUT2D eigenvalue weighted by atomic mass is 16.6. The van der Waals surface area contributed by atoms with Crippen molar-refractivity contribution in [3.63, 3.8) is 0 Å². The van der Waals surface area contributed by atoms with Crippen LogP contribution in [0.25, 0.3) is 0 Å². The van der Waals surface area contributed by atoms with Gasteiger partial charge in [0.2, 0.25) is 0 Å². The van der Waals surface area contributed by atoms with Crippen molar-refractivity contribution in [1.82, 2.24) is 0 Å². The van der Waals surface area contributed by atoms with E-state index in [9.17, 15) is 0 Å². The van der Waals surface area contributed by atoms with Crippen LogP contribution in [0, 0.1) is 11.8 Å². The normalized spacial score (nSPS) is 53.5. The number of ether oxygens (including phenoxy) is 2. The molecule has 2 saturated heterocycles. The zero-order valence-corrected chi connectivity index (χ0v) is 11.4. The number of rotatable bonds is 2. The van der Waals surface area contributed by atoms with Crippen LogP contribution in [0.15, 0.2) is 0 Å². The Balaban J connectivity index is 1.78. The second-order valence-electron chi connectivity index (χ2n) is 6.58. The van der Waals surface area contributed by atoms with Crippen molar-refractivity contribution in [2.75, 3.05) is 0 Å². The quantitative estimate of drug-likeness (QED) is 0.732. The number of hydrogen-bond donors (Lipinski definition) is 0. The van der Waals surface area contributed by atoms with E-state index in [4.69, 9.17) is 9.47 Å². The molecule has 2 bridgehead atoms. The van der Waals surface area contributed by atoms with Crippen LogP contribution in [0.2, 0.25) is 0 Å². The van der Waals surface area contributed by atoms with Gasteiger partial charge < -0.3 is 9.47 Å². The minimum Gasteiger partial charge on any atom is -0.372 e. The van der Waals surface area contributed by atoms with Gasteiger partial charge in [0.25, 0.3) is 0 Å². The van der Waals surface area contributed by atoms with Gasteiger partial charge in [0, 0.05) is 6.42 Å². The van der Waals surface area contributed by atoms with Gasteiger partial charge in [-0.1, -0.05) is 27.2 Å². The lowest BCUT2D eigenvalue weighted by atomic mass is 9.70. The molecular weight excluding hydrogens is 212 g/mol. The predicted octanol–water partition coefficient (Wildman–Crippen LogP) is 3.54. The molecule has 0 aromatic rings. The third-order valence-electron chi connectivity index (χ3n) is 5.39. The Labute approximate surface area is 105 Å². The Morgan fingerprint density at radius 2 is 2.00 bits per heavy atom. The van der Waals surface area contributed by atoms with E-state index in [-0.39, 0.29) is 5.60 Å². The maximum Gasteiger partial charge on any atom is 0.0974 e. The highest BCUT2D eigenvalue weighted by Gasteiger charge is 2.58. The fourth-order valence-corrected chi connectivity index (χ4v) is 4.23. The van der Waals surface area contributed by atoms with Crippen LogP contribution in [-0.2, 0) is 9.47 Å². The van der Waals surface area contributed by atoms with Gasteiger partial charge in [-0.05, 0) is 37.5 Å². The second kappa shape index (κ2) is 4.24. The maximum absolute atomic E-state index is 6.50. The molecule has 0 aromatic carbocycles. The Morgan fingerprint density at radius 3 is 2.76 bits per heavy atom. The molecule has 2 aliphatic heterocycles. The molecule has 1 aliphatic carbocycles. The predicted molar refractivity (Wildman–Crippen MR) is 68.0 cm³/mol. The van der Waals surface area contributed by atoms with Gasteiger partial charge in [-0.2, -0.15) is 0 Å². The summed E-state index contributed by atoms with van der Waals surface area (Å²) in [6.45, 7) is 6.98. The van der Waals surface area contributed by atoms with Crippen LogP contribution in [0.5, 0.6) is 0 Å². The number of hydrogen-bond acceptors (Lipinski definition) is 2. The third-order valence-corrected chi connectivity index (χ3v) is 5.39. The minimum absolute atomic E-state index is 0.0919. The lowest BCUT2D eigenvalue weighted by molar-refractivity contribution is -0.170. The van der Waals surface area contributed by atoms with Crippen molar-refractivity contribution in [2.24, 2.45) is 11.8 Å². The lowest BCUT2D eigenvalue weighted by Crippen LogP contribution is -2.51. The number of fused-ring (bicyclic) bond motifs is 1. The van der Waals surface area contributed by atoms with Gasteiger partial charge in [-0.3, -0.25) is 0 Å². The van der Waals surface area contributed by atoms with Crippen LogP contribution >= 0.6 is 0 Å². The summed E-state index contributed by atoms with van der Waals surface area (Å²) in [5.74, 6) is 1.46. The molecule has 3 rings (SSSR count). The van der Waals surface area contributed by atoms with Crippen molar-refractivity contribution >= 4 is 0 Å². The molecule has 2 heteroatoms. The van der Waals surface area contributed by atoms with Crippen molar-refractivity contribution in [3.8, 4) is 0 Å². The summed E-state index contributed by atoms with van der Waals surface area (Å²) in [4.78, 5) is 0. The average Bonchev–Trinajstić information content (AvgIpc) is 2.61. The van der Waals surface area contributed by atoms with Gasteiger partial charge >= 0.3 is 0 Å². The first-order chi connectivity index (χ1) is 8.14. The van der Waals surface area contributed by atoms with E-state index >= 15 is 0 Å². The van der Waals surface area contributed by atoms with Crippen LogP contribution < -0.4 is 0 Å². The van der Waals surface area contributed by atoms with E-state index in [1.807, 2.05) is 0 Å². The van der Waals surface area contributed by atoms with E-state index in [1.165, 1.54) is 32.1 Å². The maximum atomic E-state index is 6.50. The highest BCUT2D eigenvalue weighted by molar-refractivity contribution is 5.07. The fourth-order valence-electron chi connectivity index (χ4n) is 4.23. The lowest BCUT2D eigenvalue weighted by Gasteiger charge is -2.45. The van der Waals surface area contributed by atoms with Gasteiger partial charge in [-0.25, -0.2) is 0 Å². The van der Waals surface area contributed by atoms with E-state index in [0.717, 1.165) is 12.3 Å². The Morgan fingerprint density at radius 1 is 1.18 bits per heavy atom. The van der Waals surface area contributed by atoms with E-state index in [1.54, 1.807) is 0 Å². The summed E-state index contributed by atoms with van der Waals surface area (Å²) in [5.41, 5.74) is 0.0919. The average molecular weight is 238 g/mol. The topological polar surface area (TPSA) is 18.5 Å². The first-order valence-electron chi connectivity index (χ1n) is 7.48. The van der Waals surface area contributed by atoms with Gasteiger partial charge in [0.1, 0.15) is 0 Å². The largest absolute Gasteiger partial charge is 0.372 e. The first kappa shape index (κ1) is 12.0. The first-order valence-corrected chi connectivity index (χ1v) is 7.48. The Hall–Kier alpha value is -0.0800. The molecule has 0 unspecified atom stereocenters. The van der Waals surface area contributed by atoms with Gasteiger partial charge in [-0.15, -0.1) is 0 Å². The summed E-state index contributed by atoms with van der Waals surface area (Å²) in [6.07, 6.45) is 8.62. The van der Waals surface area contributed by atoms with E-state index < -0.39 is 0 Å². The summed E-state index contributed by atoms with van der Waals surface area (Å²) < 4.78 is 12.8. The molecule has 0 radical (unpaired) electrons. The molecule has 98 valence electrons.